The van der Waals surface area contributed by atoms with Gasteiger partial charge in [0.15, 0.2) is 5.69 Å². The summed E-state index contributed by atoms with van der Waals surface area (Å²) >= 11 is 6.00. The van der Waals surface area contributed by atoms with E-state index in [1.165, 1.54) is 0 Å². The van der Waals surface area contributed by atoms with Crippen LogP contribution in [0.25, 0.3) is 0 Å². The van der Waals surface area contributed by atoms with E-state index >= 15 is 0 Å². The Hall–Kier alpha value is -1.63. The molecule has 0 aliphatic carbocycles. The summed E-state index contributed by atoms with van der Waals surface area (Å²) in [5, 5.41) is 12.6. The molecule has 2 fully saturated rings. The van der Waals surface area contributed by atoms with Gasteiger partial charge in [-0.25, -0.2) is 4.68 Å². The van der Waals surface area contributed by atoms with Gasteiger partial charge >= 0.3 is 0 Å². The lowest BCUT2D eigenvalue weighted by molar-refractivity contribution is 0.0728. The van der Waals surface area contributed by atoms with Gasteiger partial charge in [-0.1, -0.05) is 28.9 Å². The van der Waals surface area contributed by atoms with Gasteiger partial charge in [0, 0.05) is 11.6 Å². The number of benzene rings is 1. The van der Waals surface area contributed by atoms with Crippen LogP contribution in [-0.2, 0) is 0 Å². The first-order valence-corrected chi connectivity index (χ1v) is 9.72. The second-order valence-electron chi connectivity index (χ2n) is 7.16. The van der Waals surface area contributed by atoms with E-state index in [0.717, 1.165) is 56.6 Å². The van der Waals surface area contributed by atoms with Crippen molar-refractivity contribution in [3.8, 4) is 0 Å². The molecular formula is C19H25Cl2N5O. The molecular weight excluding hydrogens is 385 g/mol. The van der Waals surface area contributed by atoms with E-state index in [1.807, 2.05) is 40.8 Å². The van der Waals surface area contributed by atoms with Crippen LogP contribution < -0.4 is 5.32 Å². The third kappa shape index (κ3) is 3.98. The number of hydrogen-bond donors (Lipinski definition) is 1. The first-order chi connectivity index (χ1) is 12.6. The van der Waals surface area contributed by atoms with E-state index in [9.17, 15) is 4.79 Å². The number of hydrogen-bond acceptors (Lipinski definition) is 4. The highest BCUT2D eigenvalue weighted by atomic mass is 35.5. The Morgan fingerprint density at radius 1 is 1.19 bits per heavy atom. The molecule has 2 aliphatic rings. The Balaban J connectivity index is 0.00000210. The van der Waals surface area contributed by atoms with Gasteiger partial charge in [-0.05, 0) is 63.4 Å². The van der Waals surface area contributed by atoms with Crippen LogP contribution >= 0.6 is 24.0 Å². The van der Waals surface area contributed by atoms with E-state index in [-0.39, 0.29) is 24.4 Å². The van der Waals surface area contributed by atoms with Crippen molar-refractivity contribution >= 4 is 29.9 Å². The summed E-state index contributed by atoms with van der Waals surface area (Å²) < 4.78 is 1.95. The molecule has 0 bridgehead atoms. The number of rotatable bonds is 3. The maximum atomic E-state index is 13.2. The number of halogens is 2. The first-order valence-electron chi connectivity index (χ1n) is 9.34. The van der Waals surface area contributed by atoms with Crippen molar-refractivity contribution in [2.24, 2.45) is 0 Å². The van der Waals surface area contributed by atoms with Crippen molar-refractivity contribution in [1.29, 1.82) is 0 Å². The zero-order valence-corrected chi connectivity index (χ0v) is 17.0. The highest BCUT2D eigenvalue weighted by molar-refractivity contribution is 6.30. The van der Waals surface area contributed by atoms with Gasteiger partial charge in [-0.15, -0.1) is 17.5 Å². The van der Waals surface area contributed by atoms with Crippen molar-refractivity contribution in [3.05, 3.63) is 46.2 Å². The normalized spacial score (nSPS) is 20.5. The summed E-state index contributed by atoms with van der Waals surface area (Å²) in [6.45, 7) is 4.68. The summed E-state index contributed by atoms with van der Waals surface area (Å²) in [5.41, 5.74) is 2.50. The molecule has 1 amide bonds. The number of likely N-dealkylation sites (tertiary alicyclic amines) is 1. The second-order valence-corrected chi connectivity index (χ2v) is 7.59. The molecule has 3 heterocycles. The third-order valence-electron chi connectivity index (χ3n) is 5.55. The average molecular weight is 410 g/mol. The van der Waals surface area contributed by atoms with Crippen LogP contribution in [0, 0.1) is 6.92 Å². The molecule has 1 N–H and O–H groups in total. The van der Waals surface area contributed by atoms with E-state index in [4.69, 9.17) is 11.6 Å². The van der Waals surface area contributed by atoms with Gasteiger partial charge in [0.05, 0.1) is 17.8 Å². The van der Waals surface area contributed by atoms with E-state index in [2.05, 4.69) is 15.6 Å². The number of carbonyl (C=O) groups excluding carboxylic acids is 1. The minimum Gasteiger partial charge on any atom is -0.330 e. The Labute approximate surface area is 170 Å². The molecule has 2 aromatic rings. The Kier molecular flexibility index (Phi) is 6.40. The van der Waals surface area contributed by atoms with Crippen molar-refractivity contribution in [1.82, 2.24) is 25.2 Å². The minimum atomic E-state index is -0.0138. The number of amides is 1. The lowest BCUT2D eigenvalue weighted by Crippen LogP contribution is -2.32. The smallest absolute Gasteiger partial charge is 0.276 e. The van der Waals surface area contributed by atoms with Crippen LogP contribution in [-0.4, -0.2) is 45.4 Å². The number of piperidine rings is 1. The van der Waals surface area contributed by atoms with Crippen LogP contribution in [0.4, 0.5) is 0 Å². The van der Waals surface area contributed by atoms with Crippen LogP contribution in [0.5, 0.6) is 0 Å². The summed E-state index contributed by atoms with van der Waals surface area (Å²) in [6, 6.07) is 8.21. The average Bonchev–Trinajstić information content (AvgIpc) is 3.29. The van der Waals surface area contributed by atoms with Crippen LogP contribution in [0.15, 0.2) is 24.3 Å². The van der Waals surface area contributed by atoms with Gasteiger partial charge in [0.2, 0.25) is 0 Å². The lowest BCUT2D eigenvalue weighted by Gasteiger charge is -2.25. The standard InChI is InChI=1S/C19H24ClN5O.ClH/c1-13-18(22-23-25(13)16-8-10-21-11-9-16)19(26)24-12-2-3-17(24)14-4-6-15(20)7-5-14;/h4-7,16-17,21H,2-3,8-12H2,1H3;1H. The topological polar surface area (TPSA) is 63.1 Å². The first kappa shape index (κ1) is 20.1. The minimum absolute atomic E-state index is 0. The fourth-order valence-corrected chi connectivity index (χ4v) is 4.24. The highest BCUT2D eigenvalue weighted by Gasteiger charge is 2.33. The van der Waals surface area contributed by atoms with E-state index < -0.39 is 0 Å². The zero-order chi connectivity index (χ0) is 18.1. The molecule has 1 aromatic heterocycles. The molecule has 0 radical (unpaired) electrons. The predicted octanol–water partition coefficient (Wildman–Crippen LogP) is 3.56. The third-order valence-corrected chi connectivity index (χ3v) is 5.80. The van der Waals surface area contributed by atoms with Crippen molar-refractivity contribution in [3.63, 3.8) is 0 Å². The summed E-state index contributed by atoms with van der Waals surface area (Å²) in [5.74, 6) is -0.0138. The van der Waals surface area contributed by atoms with Crippen LogP contribution in [0.3, 0.4) is 0 Å². The van der Waals surface area contributed by atoms with Gasteiger partial charge < -0.3 is 10.2 Å². The number of nitrogens with one attached hydrogen (secondary N) is 1. The Morgan fingerprint density at radius 2 is 1.89 bits per heavy atom. The fraction of sp³-hybridized carbons (Fsp3) is 0.526. The molecule has 0 spiro atoms. The monoisotopic (exact) mass is 409 g/mol. The van der Waals surface area contributed by atoms with Gasteiger partial charge in [0.25, 0.3) is 5.91 Å². The second kappa shape index (κ2) is 8.59. The number of aromatic nitrogens is 3. The Bertz CT molecular complexity index is 786. The van der Waals surface area contributed by atoms with Gasteiger partial charge in [-0.2, -0.15) is 0 Å². The van der Waals surface area contributed by atoms with Gasteiger partial charge in [-0.3, -0.25) is 4.79 Å². The summed E-state index contributed by atoms with van der Waals surface area (Å²) in [7, 11) is 0. The molecule has 146 valence electrons. The van der Waals surface area contributed by atoms with Crippen LogP contribution in [0.2, 0.25) is 5.02 Å². The molecule has 2 saturated heterocycles. The quantitative estimate of drug-likeness (QED) is 0.841. The lowest BCUT2D eigenvalue weighted by atomic mass is 10.0. The molecule has 1 atom stereocenters. The molecule has 27 heavy (non-hydrogen) atoms. The van der Waals surface area contributed by atoms with Gasteiger partial charge in [0.1, 0.15) is 0 Å². The molecule has 4 rings (SSSR count). The summed E-state index contributed by atoms with van der Waals surface area (Å²) in [4.78, 5) is 15.1. The SMILES string of the molecule is Cc1c(C(=O)N2CCCC2c2ccc(Cl)cc2)nnn1C1CCNCC1.Cl. The predicted molar refractivity (Wildman–Crippen MR) is 108 cm³/mol. The van der Waals surface area contributed by atoms with E-state index in [1.54, 1.807) is 0 Å². The molecule has 2 aliphatic heterocycles. The Morgan fingerprint density at radius 3 is 2.59 bits per heavy atom. The maximum Gasteiger partial charge on any atom is 0.276 e. The maximum absolute atomic E-state index is 13.2. The zero-order valence-electron chi connectivity index (χ0n) is 15.4. The highest BCUT2D eigenvalue weighted by Crippen LogP contribution is 2.34. The van der Waals surface area contributed by atoms with Crippen molar-refractivity contribution in [2.75, 3.05) is 19.6 Å². The van der Waals surface area contributed by atoms with Crippen molar-refractivity contribution in [2.45, 2.75) is 44.7 Å². The fourth-order valence-electron chi connectivity index (χ4n) is 4.11. The molecule has 1 unspecified atom stereocenters. The number of carbonyl (C=O) groups is 1. The molecule has 1 aromatic carbocycles. The number of nitrogens with zero attached hydrogens (tertiary/aromatic N) is 4. The molecule has 6 nitrogen and oxygen atoms in total. The summed E-state index contributed by atoms with van der Waals surface area (Å²) in [6.07, 6.45) is 4.01. The van der Waals surface area contributed by atoms with E-state index in [0.29, 0.717) is 16.8 Å². The van der Waals surface area contributed by atoms with Crippen LogP contribution in [0.1, 0.15) is 59.5 Å². The molecule has 0 saturated carbocycles. The largest absolute Gasteiger partial charge is 0.330 e. The molecule has 8 heteroatoms. The van der Waals surface area contributed by atoms with Crippen molar-refractivity contribution < 1.29 is 4.79 Å².